The Kier molecular flexibility index (Phi) is 25.6. The van der Waals surface area contributed by atoms with Crippen LogP contribution < -0.4 is 33.9 Å². The molecule has 0 aliphatic heterocycles. The van der Waals surface area contributed by atoms with Crippen LogP contribution >= 0.6 is 0 Å². The van der Waals surface area contributed by atoms with Crippen molar-refractivity contribution < 1.29 is 66.6 Å². The second-order valence-electron chi connectivity index (χ2n) is 0.289. The van der Waals surface area contributed by atoms with E-state index in [4.69, 9.17) is 15.1 Å². The van der Waals surface area contributed by atoms with E-state index in [9.17, 15) is 0 Å². The Hall–Kier alpha value is 1.65. The van der Waals surface area contributed by atoms with Crippen LogP contribution in [0.5, 0.6) is 0 Å². The molecule has 3 nitrogen and oxygen atoms in total. The van der Waals surface area contributed by atoms with Crippen molar-refractivity contribution >= 4 is 7.32 Å². The third-order valence-electron chi connectivity index (χ3n) is 0. The van der Waals surface area contributed by atoms with Gasteiger partial charge in [0, 0.05) is 0 Å². The SMILES string of the molecule is [Li+].[O-]B([O-])[O-].[Y+3]. The molecule has 0 aliphatic carbocycles. The molecule has 6 heteroatoms. The molecule has 24 valence electrons. The van der Waals surface area contributed by atoms with Crippen LogP contribution in [-0.2, 0) is 32.7 Å². The minimum absolute atomic E-state index is 0. The van der Waals surface area contributed by atoms with Crippen molar-refractivity contribution in [3.05, 3.63) is 0 Å². The van der Waals surface area contributed by atoms with E-state index in [1.165, 1.54) is 0 Å². The Labute approximate surface area is 73.4 Å². The average molecular weight is 155 g/mol. The van der Waals surface area contributed by atoms with Crippen molar-refractivity contribution in [3.63, 3.8) is 0 Å². The van der Waals surface area contributed by atoms with Gasteiger partial charge in [-0.25, -0.2) is 0 Å². The molecular formula is BLiO3Y+. The quantitative estimate of drug-likeness (QED) is 0.326. The number of rotatable bonds is 0. The zero-order chi connectivity index (χ0) is 3.58. The number of hydrogen-bond donors (Lipinski definition) is 0. The van der Waals surface area contributed by atoms with Crippen molar-refractivity contribution in [2.75, 3.05) is 0 Å². The molecule has 0 fully saturated rings. The van der Waals surface area contributed by atoms with Crippen LogP contribution in [0.3, 0.4) is 0 Å². The van der Waals surface area contributed by atoms with Crippen LogP contribution in [0.25, 0.3) is 0 Å². The van der Waals surface area contributed by atoms with Crippen LogP contribution in [0, 0.1) is 0 Å². The third-order valence-corrected chi connectivity index (χ3v) is 0. The molecule has 0 unspecified atom stereocenters. The first-order valence-electron chi connectivity index (χ1n) is 0.707. The third kappa shape index (κ3) is 45.0. The van der Waals surface area contributed by atoms with Crippen molar-refractivity contribution in [2.24, 2.45) is 0 Å². The van der Waals surface area contributed by atoms with Gasteiger partial charge >= 0.3 is 51.6 Å². The molecule has 0 aromatic heterocycles. The maximum absolute atomic E-state index is 8.42. The number of hydrogen-bond acceptors (Lipinski definition) is 3. The van der Waals surface area contributed by atoms with Crippen LogP contribution in [0.1, 0.15) is 0 Å². The summed E-state index contributed by atoms with van der Waals surface area (Å²) in [6.07, 6.45) is 0. The molecule has 0 rings (SSSR count). The largest absolute Gasteiger partial charge is 3.00 e. The Balaban J connectivity index is -0.0000000450. The van der Waals surface area contributed by atoms with Crippen LogP contribution in [-0.4, -0.2) is 7.32 Å². The molecule has 0 heterocycles. The van der Waals surface area contributed by atoms with Gasteiger partial charge in [-0.3, -0.25) is 7.32 Å². The molecule has 0 spiro atoms. The van der Waals surface area contributed by atoms with E-state index in [-0.39, 0.29) is 51.6 Å². The second kappa shape index (κ2) is 9.82. The molecule has 0 atom stereocenters. The van der Waals surface area contributed by atoms with Gasteiger partial charge in [0.25, 0.3) is 0 Å². The van der Waals surface area contributed by atoms with Crippen molar-refractivity contribution in [3.8, 4) is 0 Å². The molecular weight excluding hydrogens is 155 g/mol. The standard InChI is InChI=1S/BO3.Li.Y/c2-1(3)4;;/q-3;+1;+3. The fourth-order valence-electron chi connectivity index (χ4n) is 0. The molecule has 0 aromatic rings. The first kappa shape index (κ1) is 15.6. The first-order valence-corrected chi connectivity index (χ1v) is 0.707. The summed E-state index contributed by atoms with van der Waals surface area (Å²) >= 11 is 0. The molecule has 6 heavy (non-hydrogen) atoms. The van der Waals surface area contributed by atoms with Gasteiger partial charge in [0.05, 0.1) is 0 Å². The summed E-state index contributed by atoms with van der Waals surface area (Å²) in [5, 5.41) is 25.2. The van der Waals surface area contributed by atoms with Crippen molar-refractivity contribution in [2.45, 2.75) is 0 Å². The monoisotopic (exact) mass is 155 g/mol. The molecule has 0 amide bonds. The fraction of sp³-hybridized carbons (Fsp3) is 0. The summed E-state index contributed by atoms with van der Waals surface area (Å²) in [7, 11) is -2.92. The summed E-state index contributed by atoms with van der Waals surface area (Å²) in [4.78, 5) is 0. The van der Waals surface area contributed by atoms with Crippen LogP contribution in [0.2, 0.25) is 0 Å². The molecule has 0 radical (unpaired) electrons. The van der Waals surface area contributed by atoms with Crippen molar-refractivity contribution in [1.29, 1.82) is 0 Å². The van der Waals surface area contributed by atoms with Gasteiger partial charge in [-0.05, 0) is 0 Å². The van der Waals surface area contributed by atoms with Gasteiger partial charge in [-0.15, -0.1) is 0 Å². The molecule has 0 saturated heterocycles. The first-order chi connectivity index (χ1) is 1.73. The van der Waals surface area contributed by atoms with E-state index >= 15 is 0 Å². The van der Waals surface area contributed by atoms with Crippen LogP contribution in [0.15, 0.2) is 0 Å². The van der Waals surface area contributed by atoms with Gasteiger partial charge in [-0.2, -0.15) is 0 Å². The predicted octanol–water partition coefficient (Wildman–Crippen LogP) is -6.95. The zero-order valence-corrected chi connectivity index (χ0v) is 6.22. The smallest absolute Gasteiger partial charge is 0.907 e. The fourth-order valence-corrected chi connectivity index (χ4v) is 0. The Morgan fingerprint density at radius 3 is 1.00 bits per heavy atom. The van der Waals surface area contributed by atoms with E-state index in [0.717, 1.165) is 0 Å². The molecule has 0 N–H and O–H groups in total. The Bertz CT molecular complexity index is 15.5. The Morgan fingerprint density at radius 2 is 1.00 bits per heavy atom. The topological polar surface area (TPSA) is 69.2 Å². The summed E-state index contributed by atoms with van der Waals surface area (Å²) < 4.78 is 0. The molecule has 0 saturated carbocycles. The van der Waals surface area contributed by atoms with Gasteiger partial charge < -0.3 is 15.1 Å². The van der Waals surface area contributed by atoms with E-state index in [1.807, 2.05) is 0 Å². The minimum atomic E-state index is -2.92. The van der Waals surface area contributed by atoms with E-state index in [1.54, 1.807) is 0 Å². The maximum Gasteiger partial charge on any atom is 3.00 e. The predicted molar refractivity (Wildman–Crippen MR) is 5.75 cm³/mol. The van der Waals surface area contributed by atoms with Gasteiger partial charge in [0.1, 0.15) is 0 Å². The summed E-state index contributed by atoms with van der Waals surface area (Å²) in [6.45, 7) is 0. The molecule has 0 bridgehead atoms. The van der Waals surface area contributed by atoms with Crippen molar-refractivity contribution in [1.82, 2.24) is 0 Å². The molecule has 0 aliphatic rings. The van der Waals surface area contributed by atoms with Gasteiger partial charge in [0.15, 0.2) is 0 Å². The maximum atomic E-state index is 8.42. The minimum Gasteiger partial charge on any atom is -0.907 e. The zero-order valence-electron chi connectivity index (χ0n) is 3.38. The summed E-state index contributed by atoms with van der Waals surface area (Å²) in [5.41, 5.74) is 0. The van der Waals surface area contributed by atoms with E-state index < -0.39 is 7.32 Å². The summed E-state index contributed by atoms with van der Waals surface area (Å²) in [5.74, 6) is 0. The van der Waals surface area contributed by atoms with E-state index in [0.29, 0.717) is 0 Å². The normalized spacial score (nSPS) is 4.50. The average Bonchev–Trinajstić information content (AvgIpc) is 0.811. The second-order valence-corrected chi connectivity index (χ2v) is 0.289. The van der Waals surface area contributed by atoms with Gasteiger partial charge in [-0.1, -0.05) is 0 Å². The summed E-state index contributed by atoms with van der Waals surface area (Å²) in [6, 6.07) is 0. The van der Waals surface area contributed by atoms with E-state index in [2.05, 4.69) is 0 Å². The Morgan fingerprint density at radius 1 is 1.00 bits per heavy atom. The van der Waals surface area contributed by atoms with Gasteiger partial charge in [0.2, 0.25) is 0 Å². The molecule has 0 aromatic carbocycles. The van der Waals surface area contributed by atoms with Crippen LogP contribution in [0.4, 0.5) is 0 Å².